The van der Waals surface area contributed by atoms with Crippen LogP contribution in [0.15, 0.2) is 65.5 Å². The van der Waals surface area contributed by atoms with Crippen molar-refractivity contribution in [1.29, 1.82) is 0 Å². The number of benzene rings is 2. The summed E-state index contributed by atoms with van der Waals surface area (Å²) in [5, 5.41) is 1.43. The molecule has 128 valence electrons. The van der Waals surface area contributed by atoms with Crippen LogP contribution >= 0.6 is 0 Å². The monoisotopic (exact) mass is 345 g/mol. The van der Waals surface area contributed by atoms with E-state index in [2.05, 4.69) is 15.0 Å². The van der Waals surface area contributed by atoms with Crippen LogP contribution in [-0.4, -0.2) is 20.9 Å². The molecule has 0 aliphatic rings. The molecular formula is C20H15N3O3. The molecule has 0 bridgehead atoms. The van der Waals surface area contributed by atoms with Gasteiger partial charge in [-0.15, -0.1) is 0 Å². The molecule has 0 saturated heterocycles. The molecule has 0 saturated carbocycles. The molecule has 2 heterocycles. The van der Waals surface area contributed by atoms with Crippen molar-refractivity contribution < 1.29 is 9.53 Å². The molecule has 0 spiro atoms. The van der Waals surface area contributed by atoms with Crippen LogP contribution < -0.4 is 5.56 Å². The number of H-pyrrole nitrogens is 1. The van der Waals surface area contributed by atoms with Gasteiger partial charge in [0.1, 0.15) is 5.69 Å². The van der Waals surface area contributed by atoms with Crippen LogP contribution in [0.3, 0.4) is 0 Å². The van der Waals surface area contributed by atoms with Crippen molar-refractivity contribution in [2.45, 2.75) is 13.0 Å². The predicted molar refractivity (Wildman–Crippen MR) is 97.9 cm³/mol. The minimum absolute atomic E-state index is 0.207. The first-order valence-electron chi connectivity index (χ1n) is 8.17. The number of carbonyl (C=O) groups excluding carboxylic acids is 1. The van der Waals surface area contributed by atoms with E-state index >= 15 is 0 Å². The molecule has 4 aromatic rings. The molecule has 0 fully saturated rings. The largest absolute Gasteiger partial charge is 0.450 e. The van der Waals surface area contributed by atoms with Gasteiger partial charge in [0, 0.05) is 5.39 Å². The second-order valence-corrected chi connectivity index (χ2v) is 5.91. The van der Waals surface area contributed by atoms with Crippen molar-refractivity contribution in [2.75, 3.05) is 0 Å². The standard InChI is InChI=1S/C20H15N3O3/c1-12(18-22-16-9-5-3-7-14(16)19(24)23-18)26-20(25)17-11-10-13-6-2-4-8-15(13)21-17/h2-12H,1H3,(H,22,23,24)/t12-/m1/s1. The normalized spacial score (nSPS) is 12.2. The fraction of sp³-hybridized carbons (Fsp3) is 0.100. The SMILES string of the molecule is C[C@@H](OC(=O)c1ccc2ccccc2n1)c1nc2ccccc2c(=O)[nH]1. The number of ether oxygens (including phenoxy) is 1. The third-order valence-electron chi connectivity index (χ3n) is 4.11. The van der Waals surface area contributed by atoms with Gasteiger partial charge in [-0.05, 0) is 31.2 Å². The highest BCUT2D eigenvalue weighted by Gasteiger charge is 2.18. The number of aromatic nitrogens is 3. The number of carbonyl (C=O) groups is 1. The van der Waals surface area contributed by atoms with Gasteiger partial charge in [-0.1, -0.05) is 36.4 Å². The summed E-state index contributed by atoms with van der Waals surface area (Å²) in [7, 11) is 0. The number of esters is 1. The molecule has 0 amide bonds. The van der Waals surface area contributed by atoms with Gasteiger partial charge in [-0.2, -0.15) is 0 Å². The van der Waals surface area contributed by atoms with Crippen molar-refractivity contribution in [3.8, 4) is 0 Å². The van der Waals surface area contributed by atoms with Crippen LogP contribution in [0.25, 0.3) is 21.8 Å². The number of rotatable bonds is 3. The van der Waals surface area contributed by atoms with Crippen molar-refractivity contribution >= 4 is 27.8 Å². The van der Waals surface area contributed by atoms with Gasteiger partial charge in [0.25, 0.3) is 5.56 Å². The molecule has 0 aliphatic heterocycles. The number of hydrogen-bond acceptors (Lipinski definition) is 5. The van der Waals surface area contributed by atoms with Gasteiger partial charge in [0.05, 0.1) is 16.4 Å². The molecule has 2 aromatic heterocycles. The number of nitrogens with one attached hydrogen (secondary N) is 1. The summed E-state index contributed by atoms with van der Waals surface area (Å²) < 4.78 is 5.44. The van der Waals surface area contributed by atoms with E-state index in [-0.39, 0.29) is 11.3 Å². The zero-order valence-corrected chi connectivity index (χ0v) is 14.0. The number of para-hydroxylation sites is 2. The van der Waals surface area contributed by atoms with E-state index in [4.69, 9.17) is 4.74 Å². The molecule has 4 rings (SSSR count). The maximum Gasteiger partial charge on any atom is 0.357 e. The summed E-state index contributed by atoms with van der Waals surface area (Å²) in [5.74, 6) is -0.276. The maximum atomic E-state index is 12.4. The van der Waals surface area contributed by atoms with Gasteiger partial charge in [0.15, 0.2) is 11.9 Å². The third kappa shape index (κ3) is 2.93. The third-order valence-corrected chi connectivity index (χ3v) is 4.11. The van der Waals surface area contributed by atoms with Gasteiger partial charge in [-0.3, -0.25) is 4.79 Å². The molecule has 0 unspecified atom stereocenters. The van der Waals surface area contributed by atoms with Gasteiger partial charge < -0.3 is 9.72 Å². The lowest BCUT2D eigenvalue weighted by atomic mass is 10.2. The van der Waals surface area contributed by atoms with E-state index in [1.165, 1.54) is 0 Å². The number of hydrogen-bond donors (Lipinski definition) is 1. The lowest BCUT2D eigenvalue weighted by molar-refractivity contribution is 0.0313. The molecule has 1 atom stereocenters. The van der Waals surface area contributed by atoms with E-state index in [9.17, 15) is 9.59 Å². The number of pyridine rings is 1. The van der Waals surface area contributed by atoms with Gasteiger partial charge in [-0.25, -0.2) is 14.8 Å². The second kappa shape index (κ2) is 6.40. The van der Waals surface area contributed by atoms with Crippen molar-refractivity contribution in [3.05, 3.63) is 82.5 Å². The molecule has 2 aromatic carbocycles. The van der Waals surface area contributed by atoms with E-state index in [0.717, 1.165) is 5.39 Å². The van der Waals surface area contributed by atoms with Crippen molar-refractivity contribution in [1.82, 2.24) is 15.0 Å². The molecular weight excluding hydrogens is 330 g/mol. The molecule has 0 radical (unpaired) electrons. The average Bonchev–Trinajstić information content (AvgIpc) is 2.67. The summed E-state index contributed by atoms with van der Waals surface area (Å²) in [6.07, 6.45) is -0.715. The number of fused-ring (bicyclic) bond motifs is 2. The molecule has 26 heavy (non-hydrogen) atoms. The summed E-state index contributed by atoms with van der Waals surface area (Å²) >= 11 is 0. The van der Waals surface area contributed by atoms with Gasteiger partial charge >= 0.3 is 5.97 Å². The first-order valence-corrected chi connectivity index (χ1v) is 8.17. The Kier molecular flexibility index (Phi) is 3.93. The lowest BCUT2D eigenvalue weighted by Gasteiger charge is -2.13. The topological polar surface area (TPSA) is 84.9 Å². The first-order chi connectivity index (χ1) is 12.6. The van der Waals surface area contributed by atoms with Crippen LogP contribution in [-0.2, 0) is 4.74 Å². The number of aromatic amines is 1. The predicted octanol–water partition coefficient (Wildman–Crippen LogP) is 3.39. The van der Waals surface area contributed by atoms with E-state index in [0.29, 0.717) is 22.2 Å². The number of nitrogens with zero attached hydrogens (tertiary/aromatic N) is 2. The van der Waals surface area contributed by atoms with E-state index < -0.39 is 12.1 Å². The molecule has 6 nitrogen and oxygen atoms in total. The highest BCUT2D eigenvalue weighted by atomic mass is 16.5. The fourth-order valence-electron chi connectivity index (χ4n) is 2.75. The Morgan fingerprint density at radius 2 is 1.69 bits per heavy atom. The summed E-state index contributed by atoms with van der Waals surface area (Å²) in [6.45, 7) is 1.66. The average molecular weight is 345 g/mol. The molecule has 6 heteroatoms. The Morgan fingerprint density at radius 3 is 2.54 bits per heavy atom. The van der Waals surface area contributed by atoms with Crippen molar-refractivity contribution in [3.63, 3.8) is 0 Å². The highest BCUT2D eigenvalue weighted by molar-refractivity contribution is 5.91. The zero-order chi connectivity index (χ0) is 18.1. The quantitative estimate of drug-likeness (QED) is 0.575. The highest BCUT2D eigenvalue weighted by Crippen LogP contribution is 2.17. The van der Waals surface area contributed by atoms with Crippen LogP contribution in [0.1, 0.15) is 29.3 Å². The van der Waals surface area contributed by atoms with Crippen LogP contribution in [0, 0.1) is 0 Å². The minimum Gasteiger partial charge on any atom is -0.450 e. The lowest BCUT2D eigenvalue weighted by Crippen LogP contribution is -2.18. The fourth-order valence-corrected chi connectivity index (χ4v) is 2.75. The Bertz CT molecular complexity index is 1180. The second-order valence-electron chi connectivity index (χ2n) is 5.91. The van der Waals surface area contributed by atoms with E-state index in [1.54, 1.807) is 37.3 Å². The summed E-state index contributed by atoms with van der Waals surface area (Å²) in [6, 6.07) is 18.0. The Labute approximate surface area is 148 Å². The van der Waals surface area contributed by atoms with Crippen LogP contribution in [0.4, 0.5) is 0 Å². The maximum absolute atomic E-state index is 12.4. The van der Waals surface area contributed by atoms with Crippen LogP contribution in [0.5, 0.6) is 0 Å². The Balaban J connectivity index is 1.61. The Morgan fingerprint density at radius 1 is 0.962 bits per heavy atom. The first kappa shape index (κ1) is 16.0. The molecule has 1 N–H and O–H groups in total. The summed E-state index contributed by atoms with van der Waals surface area (Å²) in [5.41, 5.74) is 1.21. The van der Waals surface area contributed by atoms with Crippen molar-refractivity contribution in [2.24, 2.45) is 0 Å². The van der Waals surface area contributed by atoms with Gasteiger partial charge in [0.2, 0.25) is 0 Å². The Hall–Kier alpha value is -3.54. The smallest absolute Gasteiger partial charge is 0.357 e. The van der Waals surface area contributed by atoms with Crippen LogP contribution in [0.2, 0.25) is 0 Å². The van der Waals surface area contributed by atoms with E-state index in [1.807, 2.05) is 30.3 Å². The minimum atomic E-state index is -0.715. The zero-order valence-electron chi connectivity index (χ0n) is 14.0. The summed E-state index contributed by atoms with van der Waals surface area (Å²) in [4.78, 5) is 35.9. The molecule has 0 aliphatic carbocycles.